The molecule has 0 saturated carbocycles. The Labute approximate surface area is 112 Å². The highest BCUT2D eigenvalue weighted by Gasteiger charge is 2.26. The van der Waals surface area contributed by atoms with Crippen LogP contribution in [-0.2, 0) is 16.1 Å². The standard InChI is InChI=1S/C13H20N3O3/c1-9(17)13(18)16-5-3-10(4-6-16)12-7-11(8-19-2)14-15-12/h9-10,17H,3-6,8H2,1-2H3,(H,14,15)/t9-/m0/s1. The van der Waals surface area contributed by atoms with Crippen molar-refractivity contribution in [3.63, 3.8) is 0 Å². The number of aromatic nitrogens is 2. The molecule has 6 nitrogen and oxygen atoms in total. The Hall–Kier alpha value is -1.40. The van der Waals surface area contributed by atoms with Crippen molar-refractivity contribution < 1.29 is 14.6 Å². The molecular weight excluding hydrogens is 246 g/mol. The van der Waals surface area contributed by atoms with Gasteiger partial charge in [-0.2, -0.15) is 5.10 Å². The summed E-state index contributed by atoms with van der Waals surface area (Å²) in [4.78, 5) is 13.4. The third-order valence-corrected chi connectivity index (χ3v) is 3.44. The van der Waals surface area contributed by atoms with Gasteiger partial charge in [0.05, 0.1) is 12.3 Å². The molecule has 19 heavy (non-hydrogen) atoms. The molecule has 1 saturated heterocycles. The molecule has 0 spiro atoms. The first-order valence-corrected chi connectivity index (χ1v) is 6.54. The van der Waals surface area contributed by atoms with Crippen LogP contribution in [0.5, 0.6) is 0 Å². The minimum Gasteiger partial charge on any atom is -0.384 e. The van der Waals surface area contributed by atoms with E-state index in [1.54, 1.807) is 12.0 Å². The smallest absolute Gasteiger partial charge is 0.251 e. The van der Waals surface area contributed by atoms with E-state index in [1.807, 2.05) is 0 Å². The molecule has 105 valence electrons. The highest BCUT2D eigenvalue weighted by molar-refractivity contribution is 5.80. The maximum absolute atomic E-state index is 11.7. The number of H-pyrrole nitrogens is 1. The van der Waals surface area contributed by atoms with Gasteiger partial charge >= 0.3 is 0 Å². The average Bonchev–Trinajstić information content (AvgIpc) is 2.87. The lowest BCUT2D eigenvalue weighted by molar-refractivity contribution is -0.140. The van der Waals surface area contributed by atoms with E-state index in [2.05, 4.69) is 16.3 Å². The van der Waals surface area contributed by atoms with Gasteiger partial charge in [-0.05, 0) is 19.8 Å². The summed E-state index contributed by atoms with van der Waals surface area (Å²) >= 11 is 0. The highest BCUT2D eigenvalue weighted by Crippen LogP contribution is 2.27. The third kappa shape index (κ3) is 3.33. The summed E-state index contributed by atoms with van der Waals surface area (Å²) in [5.74, 6) is 0.156. The van der Waals surface area contributed by atoms with Crippen LogP contribution >= 0.6 is 0 Å². The molecule has 1 aromatic heterocycles. The van der Waals surface area contributed by atoms with Gasteiger partial charge in [-0.3, -0.25) is 9.89 Å². The number of aliphatic hydroxyl groups is 1. The fourth-order valence-electron chi connectivity index (χ4n) is 2.39. The van der Waals surface area contributed by atoms with Crippen molar-refractivity contribution in [1.82, 2.24) is 15.1 Å². The van der Waals surface area contributed by atoms with Gasteiger partial charge in [0.15, 0.2) is 0 Å². The number of aliphatic hydroxyl groups excluding tert-OH is 1. The van der Waals surface area contributed by atoms with E-state index in [4.69, 9.17) is 4.74 Å². The van der Waals surface area contributed by atoms with E-state index in [1.165, 1.54) is 6.92 Å². The van der Waals surface area contributed by atoms with E-state index >= 15 is 0 Å². The maximum atomic E-state index is 11.7. The van der Waals surface area contributed by atoms with E-state index in [0.717, 1.165) is 24.2 Å². The second-order valence-electron chi connectivity index (χ2n) is 4.92. The van der Waals surface area contributed by atoms with Crippen molar-refractivity contribution in [2.24, 2.45) is 0 Å². The topological polar surface area (TPSA) is 78.5 Å². The average molecular weight is 266 g/mol. The Morgan fingerprint density at radius 2 is 2.32 bits per heavy atom. The van der Waals surface area contributed by atoms with Crippen LogP contribution in [0.2, 0.25) is 0 Å². The predicted octanol–water partition coefficient (Wildman–Crippen LogP) is 0.443. The number of piperidine rings is 1. The summed E-state index contributed by atoms with van der Waals surface area (Å²) in [6, 6.07) is 3.21. The fourth-order valence-corrected chi connectivity index (χ4v) is 2.39. The number of likely N-dealkylation sites (tertiary alicyclic amines) is 1. The summed E-state index contributed by atoms with van der Waals surface area (Å²) in [6.07, 6.45) is 0.816. The second-order valence-corrected chi connectivity index (χ2v) is 4.92. The Morgan fingerprint density at radius 3 is 2.89 bits per heavy atom. The first-order valence-electron chi connectivity index (χ1n) is 6.54. The molecule has 1 aromatic rings. The maximum Gasteiger partial charge on any atom is 0.251 e. The molecule has 2 heterocycles. The lowest BCUT2D eigenvalue weighted by Crippen LogP contribution is -2.42. The lowest BCUT2D eigenvalue weighted by atomic mass is 9.93. The molecule has 0 aromatic carbocycles. The summed E-state index contributed by atoms with van der Waals surface area (Å²) in [5.41, 5.74) is 1.76. The molecule has 2 N–H and O–H groups in total. The van der Waals surface area contributed by atoms with Crippen molar-refractivity contribution >= 4 is 5.91 Å². The normalized spacial score (nSPS) is 18.6. The first-order chi connectivity index (χ1) is 9.11. The molecule has 1 fully saturated rings. The number of nitrogens with one attached hydrogen (secondary N) is 1. The van der Waals surface area contributed by atoms with Crippen LogP contribution in [0.3, 0.4) is 0 Å². The molecule has 0 bridgehead atoms. The van der Waals surface area contributed by atoms with Crippen LogP contribution < -0.4 is 0 Å². The van der Waals surface area contributed by atoms with Gasteiger partial charge in [-0.25, -0.2) is 0 Å². The number of ether oxygens (including phenoxy) is 1. The Morgan fingerprint density at radius 1 is 1.63 bits per heavy atom. The molecule has 1 radical (unpaired) electrons. The molecule has 1 atom stereocenters. The Kier molecular flexibility index (Phi) is 4.55. The zero-order valence-electron chi connectivity index (χ0n) is 11.3. The number of aromatic amines is 1. The van der Waals surface area contributed by atoms with Crippen LogP contribution in [0.1, 0.15) is 37.1 Å². The van der Waals surface area contributed by atoms with Crippen molar-refractivity contribution in [3.8, 4) is 0 Å². The van der Waals surface area contributed by atoms with Gasteiger partial charge in [-0.1, -0.05) is 0 Å². The van der Waals surface area contributed by atoms with Gasteiger partial charge in [0.2, 0.25) is 0 Å². The number of carbonyl (C=O) groups is 1. The Bertz CT molecular complexity index is 423. The summed E-state index contributed by atoms with van der Waals surface area (Å²) in [6.45, 7) is 3.30. The molecule has 2 rings (SSSR count). The number of rotatable bonds is 4. The van der Waals surface area contributed by atoms with Crippen molar-refractivity contribution in [2.75, 3.05) is 20.2 Å². The van der Waals surface area contributed by atoms with Crippen molar-refractivity contribution in [2.45, 2.75) is 38.4 Å². The quantitative estimate of drug-likeness (QED) is 0.829. The molecule has 0 aliphatic carbocycles. The molecule has 1 aliphatic heterocycles. The minimum absolute atomic E-state index is 0.188. The van der Waals surface area contributed by atoms with Crippen LogP contribution in [0.25, 0.3) is 0 Å². The zero-order chi connectivity index (χ0) is 13.8. The van der Waals surface area contributed by atoms with Crippen LogP contribution in [0, 0.1) is 6.07 Å². The van der Waals surface area contributed by atoms with E-state index in [9.17, 15) is 9.90 Å². The SMILES string of the molecule is COCc1[c]c(C2CCN(C(=O)[C@H](C)O)CC2)[nH]n1. The second kappa shape index (κ2) is 6.16. The Balaban J connectivity index is 1.90. The van der Waals surface area contributed by atoms with Gasteiger partial charge < -0.3 is 14.7 Å². The van der Waals surface area contributed by atoms with Crippen molar-refractivity contribution in [1.29, 1.82) is 0 Å². The summed E-state index contributed by atoms with van der Waals surface area (Å²) < 4.78 is 5.01. The molecular formula is C13H20N3O3. The van der Waals surface area contributed by atoms with Gasteiger partial charge in [0.25, 0.3) is 5.91 Å². The largest absolute Gasteiger partial charge is 0.384 e. The molecule has 6 heteroatoms. The van der Waals surface area contributed by atoms with Crippen LogP contribution in [0.15, 0.2) is 0 Å². The van der Waals surface area contributed by atoms with E-state index in [0.29, 0.717) is 25.6 Å². The number of methoxy groups -OCH3 is 1. The van der Waals surface area contributed by atoms with Crippen LogP contribution in [-0.4, -0.2) is 52.4 Å². The third-order valence-electron chi connectivity index (χ3n) is 3.44. The predicted molar refractivity (Wildman–Crippen MR) is 68.4 cm³/mol. The van der Waals surface area contributed by atoms with Gasteiger partial charge in [0, 0.05) is 37.9 Å². The monoisotopic (exact) mass is 266 g/mol. The minimum atomic E-state index is -0.913. The zero-order valence-corrected chi connectivity index (χ0v) is 11.3. The van der Waals surface area contributed by atoms with Gasteiger partial charge in [0.1, 0.15) is 6.10 Å². The fraction of sp³-hybridized carbons (Fsp3) is 0.692. The highest BCUT2D eigenvalue weighted by atomic mass is 16.5. The van der Waals surface area contributed by atoms with Gasteiger partial charge in [-0.15, -0.1) is 0 Å². The summed E-state index contributed by atoms with van der Waals surface area (Å²) in [5, 5.41) is 16.4. The van der Waals surface area contributed by atoms with Crippen LogP contribution in [0.4, 0.5) is 0 Å². The number of hydrogen-bond donors (Lipinski definition) is 2. The van der Waals surface area contributed by atoms with E-state index in [-0.39, 0.29) is 5.91 Å². The summed E-state index contributed by atoms with van der Waals surface area (Å²) in [7, 11) is 1.63. The number of hydrogen-bond acceptors (Lipinski definition) is 4. The first kappa shape index (κ1) is 14.0. The molecule has 0 unspecified atom stereocenters. The van der Waals surface area contributed by atoms with E-state index < -0.39 is 6.10 Å². The number of carbonyl (C=O) groups excluding carboxylic acids is 1. The lowest BCUT2D eigenvalue weighted by Gasteiger charge is -2.32. The molecule has 1 amide bonds. The number of nitrogens with zero attached hydrogens (tertiary/aromatic N) is 2. The molecule has 1 aliphatic rings. The van der Waals surface area contributed by atoms with Crippen molar-refractivity contribution in [3.05, 3.63) is 17.5 Å². The number of amides is 1.